The minimum Gasteiger partial charge on any atom is -0.349 e. The van der Waals surface area contributed by atoms with Crippen LogP contribution in [0.3, 0.4) is 0 Å². The summed E-state index contributed by atoms with van der Waals surface area (Å²) in [5.41, 5.74) is 6.08. The quantitative estimate of drug-likeness (QED) is 0.520. The van der Waals surface area contributed by atoms with Gasteiger partial charge in [-0.25, -0.2) is 4.98 Å². The van der Waals surface area contributed by atoms with Crippen LogP contribution >= 0.6 is 0 Å². The smallest absolute Gasteiger partial charge is 0.287 e. The van der Waals surface area contributed by atoms with E-state index in [2.05, 4.69) is 40.0 Å². The summed E-state index contributed by atoms with van der Waals surface area (Å²) in [7, 11) is 0. The fourth-order valence-corrected chi connectivity index (χ4v) is 2.17. The largest absolute Gasteiger partial charge is 0.349 e. The first-order chi connectivity index (χ1) is 10.0. The molecule has 7 nitrogen and oxygen atoms in total. The average Bonchev–Trinajstić information content (AvgIpc) is 2.73. The Kier molecular flexibility index (Phi) is 4.32. The van der Waals surface area contributed by atoms with E-state index in [-0.39, 0.29) is 5.69 Å². The summed E-state index contributed by atoms with van der Waals surface area (Å²) in [4.78, 5) is 14.0. The Bertz CT molecular complexity index is 673. The average molecular weight is 287 g/mol. The number of hydrogen-bond acceptors (Lipinski definition) is 5. The molecule has 0 aliphatic heterocycles. The first-order valence-corrected chi connectivity index (χ1v) is 6.59. The van der Waals surface area contributed by atoms with Crippen molar-refractivity contribution < 1.29 is 4.92 Å². The van der Waals surface area contributed by atoms with Crippen molar-refractivity contribution in [1.29, 1.82) is 0 Å². The Morgan fingerprint density at radius 3 is 2.76 bits per heavy atom. The van der Waals surface area contributed by atoms with Gasteiger partial charge in [-0.05, 0) is 32.9 Å². The zero-order valence-electron chi connectivity index (χ0n) is 12.2. The van der Waals surface area contributed by atoms with E-state index in [0.717, 1.165) is 17.8 Å². The second-order valence-corrected chi connectivity index (χ2v) is 4.60. The van der Waals surface area contributed by atoms with Gasteiger partial charge in [0, 0.05) is 29.6 Å². The fraction of sp³-hybridized carbons (Fsp3) is 0.286. The molecule has 2 heterocycles. The summed E-state index contributed by atoms with van der Waals surface area (Å²) in [5, 5.41) is 14.6. The highest BCUT2D eigenvalue weighted by Crippen LogP contribution is 2.14. The Hall–Kier alpha value is -2.70. The van der Waals surface area contributed by atoms with Gasteiger partial charge >= 0.3 is 0 Å². The first kappa shape index (κ1) is 14.7. The van der Waals surface area contributed by atoms with Crippen LogP contribution in [-0.2, 0) is 6.54 Å². The van der Waals surface area contributed by atoms with Crippen LogP contribution in [0.4, 0.5) is 11.5 Å². The minimum atomic E-state index is -0.486. The van der Waals surface area contributed by atoms with Crippen LogP contribution < -0.4 is 5.43 Å². The third kappa shape index (κ3) is 3.25. The van der Waals surface area contributed by atoms with Crippen molar-refractivity contribution in [2.45, 2.75) is 27.3 Å². The molecule has 0 spiro atoms. The Labute approximate surface area is 122 Å². The molecule has 0 amide bonds. The van der Waals surface area contributed by atoms with Gasteiger partial charge in [-0.1, -0.05) is 0 Å². The standard InChI is InChI=1S/C14H17N5O2/c1-4-18-10(2)7-12(11(18)3)8-16-17-14-6-5-13(9-15-14)19(20)21/h5-9H,4H2,1-3H3,(H,15,17)/b16-8-. The second kappa shape index (κ2) is 6.17. The number of anilines is 1. The van der Waals surface area contributed by atoms with Crippen LogP contribution in [0.15, 0.2) is 29.5 Å². The van der Waals surface area contributed by atoms with E-state index in [1.54, 1.807) is 6.21 Å². The van der Waals surface area contributed by atoms with Crippen molar-refractivity contribution in [2.75, 3.05) is 5.43 Å². The maximum Gasteiger partial charge on any atom is 0.287 e. The minimum absolute atomic E-state index is 0.0454. The van der Waals surface area contributed by atoms with Crippen LogP contribution in [0.25, 0.3) is 0 Å². The van der Waals surface area contributed by atoms with Crippen molar-refractivity contribution in [3.63, 3.8) is 0 Å². The van der Waals surface area contributed by atoms with E-state index >= 15 is 0 Å². The molecular weight excluding hydrogens is 270 g/mol. The first-order valence-electron chi connectivity index (χ1n) is 6.59. The van der Waals surface area contributed by atoms with Crippen molar-refractivity contribution >= 4 is 17.7 Å². The molecule has 0 aromatic carbocycles. The lowest BCUT2D eigenvalue weighted by molar-refractivity contribution is -0.385. The summed E-state index contributed by atoms with van der Waals surface area (Å²) >= 11 is 0. The van der Waals surface area contributed by atoms with E-state index in [1.165, 1.54) is 24.0 Å². The zero-order chi connectivity index (χ0) is 15.4. The van der Waals surface area contributed by atoms with E-state index in [1.807, 2.05) is 6.92 Å². The monoisotopic (exact) mass is 287 g/mol. The van der Waals surface area contributed by atoms with E-state index in [4.69, 9.17) is 0 Å². The molecule has 2 aromatic heterocycles. The van der Waals surface area contributed by atoms with Gasteiger partial charge in [0.2, 0.25) is 0 Å². The molecular formula is C14H17N5O2. The highest BCUT2D eigenvalue weighted by atomic mass is 16.6. The molecule has 0 radical (unpaired) electrons. The molecule has 2 rings (SSSR count). The molecule has 0 saturated carbocycles. The summed E-state index contributed by atoms with van der Waals surface area (Å²) in [6, 6.07) is 4.96. The van der Waals surface area contributed by atoms with Crippen molar-refractivity contribution in [1.82, 2.24) is 9.55 Å². The normalized spacial score (nSPS) is 11.0. The molecule has 0 fully saturated rings. The van der Waals surface area contributed by atoms with Crippen molar-refractivity contribution in [2.24, 2.45) is 5.10 Å². The van der Waals surface area contributed by atoms with Crippen LogP contribution in [0, 0.1) is 24.0 Å². The molecule has 7 heteroatoms. The highest BCUT2D eigenvalue weighted by molar-refractivity contribution is 5.82. The van der Waals surface area contributed by atoms with Gasteiger partial charge in [0.25, 0.3) is 5.69 Å². The number of nitro groups is 1. The van der Waals surface area contributed by atoms with Gasteiger partial charge in [-0.15, -0.1) is 0 Å². The lowest BCUT2D eigenvalue weighted by Crippen LogP contribution is -1.99. The molecule has 0 bridgehead atoms. The maximum absolute atomic E-state index is 10.5. The van der Waals surface area contributed by atoms with Crippen LogP contribution in [-0.4, -0.2) is 20.7 Å². The van der Waals surface area contributed by atoms with Crippen LogP contribution in [0.5, 0.6) is 0 Å². The number of rotatable bonds is 5. The number of aryl methyl sites for hydroxylation is 1. The van der Waals surface area contributed by atoms with E-state index < -0.39 is 4.92 Å². The lowest BCUT2D eigenvalue weighted by Gasteiger charge is -2.04. The molecule has 110 valence electrons. The molecule has 0 unspecified atom stereocenters. The lowest BCUT2D eigenvalue weighted by atomic mass is 10.3. The fourth-order valence-electron chi connectivity index (χ4n) is 2.17. The summed E-state index contributed by atoms with van der Waals surface area (Å²) in [6.45, 7) is 7.12. The Balaban J connectivity index is 2.07. The number of nitrogens with one attached hydrogen (secondary N) is 1. The van der Waals surface area contributed by atoms with Crippen LogP contribution in [0.1, 0.15) is 23.9 Å². The second-order valence-electron chi connectivity index (χ2n) is 4.60. The third-order valence-corrected chi connectivity index (χ3v) is 3.27. The third-order valence-electron chi connectivity index (χ3n) is 3.27. The SMILES string of the molecule is CCn1c(C)cc(/C=N\Nc2ccc([N+](=O)[O-])cn2)c1C. The van der Waals surface area contributed by atoms with Gasteiger partial charge in [-0.2, -0.15) is 5.10 Å². The predicted molar refractivity (Wildman–Crippen MR) is 81.7 cm³/mol. The maximum atomic E-state index is 10.5. The molecule has 0 aliphatic rings. The number of hydrogen-bond donors (Lipinski definition) is 1. The van der Waals surface area contributed by atoms with Gasteiger partial charge in [0.05, 0.1) is 11.1 Å². The summed E-state index contributed by atoms with van der Waals surface area (Å²) < 4.78 is 2.20. The molecule has 0 aliphatic carbocycles. The molecule has 0 saturated heterocycles. The van der Waals surface area contributed by atoms with E-state index in [9.17, 15) is 10.1 Å². The number of aromatic nitrogens is 2. The predicted octanol–water partition coefficient (Wildman–Crippen LogP) is 2.87. The number of hydrazone groups is 1. The zero-order valence-corrected chi connectivity index (χ0v) is 12.2. The molecule has 1 N–H and O–H groups in total. The Morgan fingerprint density at radius 1 is 1.48 bits per heavy atom. The van der Waals surface area contributed by atoms with E-state index in [0.29, 0.717) is 5.82 Å². The summed E-state index contributed by atoms with van der Waals surface area (Å²) in [6.07, 6.45) is 2.92. The number of nitrogens with zero attached hydrogens (tertiary/aromatic N) is 4. The van der Waals surface area contributed by atoms with Gasteiger partial charge < -0.3 is 4.57 Å². The van der Waals surface area contributed by atoms with Crippen molar-refractivity contribution in [3.8, 4) is 0 Å². The number of pyridine rings is 1. The summed E-state index contributed by atoms with van der Waals surface area (Å²) in [5.74, 6) is 0.459. The van der Waals surface area contributed by atoms with Gasteiger partial charge in [0.1, 0.15) is 12.0 Å². The molecule has 2 aromatic rings. The molecule has 0 atom stereocenters. The molecule has 21 heavy (non-hydrogen) atoms. The van der Waals surface area contributed by atoms with Crippen molar-refractivity contribution in [3.05, 3.63) is 51.5 Å². The highest BCUT2D eigenvalue weighted by Gasteiger charge is 2.06. The topological polar surface area (TPSA) is 85.3 Å². The Morgan fingerprint density at radius 2 is 2.24 bits per heavy atom. The van der Waals surface area contributed by atoms with Crippen LogP contribution in [0.2, 0.25) is 0 Å². The van der Waals surface area contributed by atoms with Gasteiger partial charge in [-0.3, -0.25) is 15.5 Å². The van der Waals surface area contributed by atoms with Gasteiger partial charge in [0.15, 0.2) is 0 Å².